The predicted molar refractivity (Wildman–Crippen MR) is 197 cm³/mol. The first kappa shape index (κ1) is 37.1. The van der Waals surface area contributed by atoms with Crippen molar-refractivity contribution in [1.82, 2.24) is 0 Å². The number of fused-ring (bicyclic) bond motifs is 2. The van der Waals surface area contributed by atoms with Gasteiger partial charge in [-0.2, -0.15) is 0 Å². The third-order valence-electron chi connectivity index (χ3n) is 12.6. The smallest absolute Gasteiger partial charge is 0.169 e. The summed E-state index contributed by atoms with van der Waals surface area (Å²) in [6.45, 7) is 4.56. The number of carbonyl (C=O) groups is 2. The van der Waals surface area contributed by atoms with Gasteiger partial charge in [-0.05, 0) is 78.6 Å². The molecule has 6 atom stereocenters. The average molecular weight is 737 g/mol. The third-order valence-corrected chi connectivity index (χ3v) is 12.6. The van der Waals surface area contributed by atoms with E-state index < -0.39 is 24.0 Å². The third kappa shape index (κ3) is 6.39. The van der Waals surface area contributed by atoms with Crippen LogP contribution in [-0.4, -0.2) is 81.5 Å². The van der Waals surface area contributed by atoms with Gasteiger partial charge in [-0.25, -0.2) is 0 Å². The minimum Gasteiger partial charge on any atom is -0.544 e. The first-order valence-electron chi connectivity index (χ1n) is 18.4. The second kappa shape index (κ2) is 14.2. The molecule has 0 fully saturated rings. The number of methoxy groups -OCH3 is 3. The maximum Gasteiger partial charge on any atom is 0.169 e. The fraction of sp³-hybridized carbons (Fsp3) is 0.395. The summed E-state index contributed by atoms with van der Waals surface area (Å²) in [5.41, 5.74) is 5.83. The van der Waals surface area contributed by atoms with Crippen molar-refractivity contribution in [2.24, 2.45) is 0 Å². The SMILES string of the molecule is COc1cc2c3c(c1)Oc1cc4c(cc1OC)CC[N+](C)(C(C)C(=O)[O-])C4Cc1ccc(cc1)Oc1cc(ccc1OC)CC3[N+](C)(C(C)C(=O)[O-])CC2. The lowest BCUT2D eigenvalue weighted by Crippen LogP contribution is -2.62. The van der Waals surface area contributed by atoms with Crippen LogP contribution in [0.4, 0.5) is 0 Å². The molecule has 0 saturated heterocycles. The number of quaternary nitrogens is 2. The van der Waals surface area contributed by atoms with Gasteiger partial charge in [0.2, 0.25) is 0 Å². The van der Waals surface area contributed by atoms with Crippen molar-refractivity contribution in [2.45, 2.75) is 63.7 Å². The Labute approximate surface area is 316 Å². The van der Waals surface area contributed by atoms with Crippen LogP contribution in [0.3, 0.4) is 0 Å². The summed E-state index contributed by atoms with van der Waals surface area (Å²) in [4.78, 5) is 25.2. The lowest BCUT2D eigenvalue weighted by molar-refractivity contribution is -0.956. The minimum absolute atomic E-state index is 0.169. The van der Waals surface area contributed by atoms with Gasteiger partial charge in [0, 0.05) is 37.3 Å². The molecule has 54 heavy (non-hydrogen) atoms. The fourth-order valence-electron chi connectivity index (χ4n) is 8.83. The maximum atomic E-state index is 12.7. The minimum atomic E-state index is -1.13. The summed E-state index contributed by atoms with van der Waals surface area (Å²) in [6, 6.07) is 19.2. The van der Waals surface area contributed by atoms with Crippen LogP contribution >= 0.6 is 0 Å². The van der Waals surface area contributed by atoms with Gasteiger partial charge in [0.25, 0.3) is 0 Å². The summed E-state index contributed by atoms with van der Waals surface area (Å²) in [6.07, 6.45) is 2.21. The molecule has 4 aromatic rings. The lowest BCUT2D eigenvalue weighted by atomic mass is 9.84. The van der Waals surface area contributed by atoms with Gasteiger partial charge in [-0.1, -0.05) is 18.2 Å². The van der Waals surface area contributed by atoms with Crippen LogP contribution < -0.4 is 33.9 Å². The first-order chi connectivity index (χ1) is 25.8. The van der Waals surface area contributed by atoms with Gasteiger partial charge in [0.15, 0.2) is 23.0 Å². The Bertz CT molecular complexity index is 2100. The van der Waals surface area contributed by atoms with Crippen LogP contribution in [-0.2, 0) is 35.3 Å². The molecule has 284 valence electrons. The second-order valence-corrected chi connectivity index (χ2v) is 15.3. The molecule has 11 heteroatoms. The van der Waals surface area contributed by atoms with E-state index in [2.05, 4.69) is 0 Å². The maximum absolute atomic E-state index is 12.7. The number of carbonyl (C=O) groups excluding carboxylic acids is 2. The molecule has 4 aliphatic rings. The zero-order valence-corrected chi connectivity index (χ0v) is 32.0. The molecular formula is C43H48N2O9. The van der Waals surface area contributed by atoms with Crippen LogP contribution in [0.2, 0.25) is 0 Å². The van der Waals surface area contributed by atoms with Gasteiger partial charge in [-0.15, -0.1) is 0 Å². The topological polar surface area (TPSA) is 126 Å². The van der Waals surface area contributed by atoms with Gasteiger partial charge in [-0.3, -0.25) is 0 Å². The van der Waals surface area contributed by atoms with E-state index in [1.54, 1.807) is 35.2 Å². The highest BCUT2D eigenvalue weighted by Gasteiger charge is 2.47. The summed E-state index contributed by atoms with van der Waals surface area (Å²) >= 11 is 0. The van der Waals surface area contributed by atoms with E-state index in [9.17, 15) is 19.8 Å². The Hall–Kier alpha value is -5.26. The highest BCUT2D eigenvalue weighted by atomic mass is 16.5. The Balaban J connectivity index is 1.50. The van der Waals surface area contributed by atoms with E-state index in [1.807, 2.05) is 80.8 Å². The van der Waals surface area contributed by atoms with Crippen molar-refractivity contribution in [3.63, 3.8) is 0 Å². The number of likely N-dealkylation sites (N-methyl/N-ethyl adjacent to an activating group) is 2. The van der Waals surface area contributed by atoms with Crippen molar-refractivity contribution in [3.8, 4) is 40.2 Å². The Morgan fingerprint density at radius 3 is 1.89 bits per heavy atom. The summed E-state index contributed by atoms with van der Waals surface area (Å²) in [5.74, 6) is 1.60. The number of ether oxygens (including phenoxy) is 5. The van der Waals surface area contributed by atoms with Crippen molar-refractivity contribution in [2.75, 3.05) is 48.5 Å². The fourth-order valence-corrected chi connectivity index (χ4v) is 8.83. The zero-order valence-electron chi connectivity index (χ0n) is 32.0. The summed E-state index contributed by atoms with van der Waals surface area (Å²) in [5, 5.41) is 25.2. The van der Waals surface area contributed by atoms with Crippen LogP contribution in [0.5, 0.6) is 40.2 Å². The van der Waals surface area contributed by atoms with E-state index in [-0.39, 0.29) is 21.0 Å². The van der Waals surface area contributed by atoms with Gasteiger partial charge in [0.1, 0.15) is 41.4 Å². The van der Waals surface area contributed by atoms with Gasteiger partial charge in [0.05, 0.1) is 66.0 Å². The van der Waals surface area contributed by atoms with E-state index >= 15 is 0 Å². The van der Waals surface area contributed by atoms with E-state index in [1.165, 1.54) is 0 Å². The van der Waals surface area contributed by atoms with Crippen molar-refractivity contribution in [1.29, 1.82) is 0 Å². The van der Waals surface area contributed by atoms with Crippen LogP contribution in [0.15, 0.2) is 66.7 Å². The molecule has 0 aromatic heterocycles. The van der Waals surface area contributed by atoms with Gasteiger partial charge < -0.3 is 52.5 Å². The molecule has 4 aromatic carbocycles. The highest BCUT2D eigenvalue weighted by molar-refractivity contribution is 5.70. The number of rotatable bonds is 7. The molecule has 0 spiro atoms. The summed E-state index contributed by atoms with van der Waals surface area (Å²) in [7, 11) is 8.77. The standard InChI is InChI=1S/C43H48N2O9/c1-25(42(46)47)44(3)16-14-29-22-37(52-7)39-24-33(29)34(44)18-27-8-11-31(12-9-27)53-38-20-28(10-13-36(38)51-6)19-35-41-30(21-32(50-5)23-40(41)54-39)15-17-45(35,4)26(2)43(48)49/h8-13,20-26,34-35H,14-19H2,1-7H3. The predicted octanol–water partition coefficient (Wildman–Crippen LogP) is 4.46. The molecule has 11 nitrogen and oxygen atoms in total. The monoisotopic (exact) mass is 736 g/mol. The van der Waals surface area contributed by atoms with Crippen molar-refractivity contribution < 1.29 is 52.5 Å². The number of hydrogen-bond donors (Lipinski definition) is 0. The molecule has 6 bridgehead atoms. The van der Waals surface area contributed by atoms with E-state index in [0.29, 0.717) is 79.0 Å². The van der Waals surface area contributed by atoms with Gasteiger partial charge >= 0.3 is 0 Å². The lowest BCUT2D eigenvalue weighted by Gasteiger charge is -2.50. The zero-order chi connectivity index (χ0) is 38.5. The molecule has 8 rings (SSSR count). The number of aliphatic carboxylic acids is 2. The number of nitrogens with zero attached hydrogens (tertiary/aromatic N) is 2. The van der Waals surface area contributed by atoms with Crippen LogP contribution in [0.1, 0.15) is 59.3 Å². The number of benzene rings is 4. The molecule has 4 aliphatic heterocycles. The molecular weight excluding hydrogens is 688 g/mol. The highest BCUT2D eigenvalue weighted by Crippen LogP contribution is 2.50. The molecule has 0 radical (unpaired) electrons. The van der Waals surface area contributed by atoms with Crippen molar-refractivity contribution in [3.05, 3.63) is 100 Å². The Morgan fingerprint density at radius 2 is 1.26 bits per heavy atom. The average Bonchev–Trinajstić information content (AvgIpc) is 3.16. The number of carboxylic acid groups (broad SMARTS) is 2. The van der Waals surface area contributed by atoms with Crippen LogP contribution in [0, 0.1) is 0 Å². The number of carboxylic acids is 2. The molecule has 6 unspecified atom stereocenters. The summed E-state index contributed by atoms with van der Waals surface area (Å²) < 4.78 is 31.3. The van der Waals surface area contributed by atoms with Crippen LogP contribution in [0.25, 0.3) is 0 Å². The molecule has 0 aliphatic carbocycles. The molecule has 0 N–H and O–H groups in total. The second-order valence-electron chi connectivity index (χ2n) is 15.3. The molecule has 0 saturated carbocycles. The quantitative estimate of drug-likeness (QED) is 0.253. The largest absolute Gasteiger partial charge is 0.544 e. The molecule has 4 heterocycles. The first-order valence-corrected chi connectivity index (χ1v) is 18.4. The Morgan fingerprint density at radius 1 is 0.667 bits per heavy atom. The molecule has 0 amide bonds. The normalized spacial score (nSPS) is 24.0. The van der Waals surface area contributed by atoms with Crippen molar-refractivity contribution >= 4 is 11.9 Å². The Kier molecular flexibility index (Phi) is 9.74. The number of hydrogen-bond acceptors (Lipinski definition) is 9. The van der Waals surface area contributed by atoms with E-state index in [0.717, 1.165) is 33.4 Å². The van der Waals surface area contributed by atoms with E-state index in [4.69, 9.17) is 23.7 Å².